The Morgan fingerprint density at radius 3 is 2.62 bits per heavy atom. The molecule has 1 aromatic heterocycles. The van der Waals surface area contributed by atoms with Crippen molar-refractivity contribution >= 4 is 17.2 Å². The Labute approximate surface area is 148 Å². The standard InChI is InChI=1S/C18H28N2O3S/c1-13(2)17-11-14(12-24-17)18(22)20-5-3-15(16(21)4-6-20)19-7-9-23-10-8-19/h11-13,15-16,21H,3-10H2,1-2H3/t15-,16-/m0/s1. The highest BCUT2D eigenvalue weighted by atomic mass is 32.1. The summed E-state index contributed by atoms with van der Waals surface area (Å²) in [6.07, 6.45) is 1.11. The van der Waals surface area contributed by atoms with E-state index in [1.807, 2.05) is 16.3 Å². The molecule has 0 aromatic carbocycles. The second-order valence-corrected chi connectivity index (χ2v) is 7.99. The minimum atomic E-state index is -0.366. The fourth-order valence-electron chi connectivity index (χ4n) is 3.56. The number of thiophene rings is 1. The minimum absolute atomic E-state index is 0.105. The summed E-state index contributed by atoms with van der Waals surface area (Å²) in [4.78, 5) is 18.3. The highest BCUT2D eigenvalue weighted by Crippen LogP contribution is 2.25. The highest BCUT2D eigenvalue weighted by Gasteiger charge is 2.32. The van der Waals surface area contributed by atoms with Gasteiger partial charge in [-0.05, 0) is 24.8 Å². The number of aliphatic hydroxyl groups is 1. The Hall–Kier alpha value is -0.950. The summed E-state index contributed by atoms with van der Waals surface area (Å²) < 4.78 is 5.41. The van der Waals surface area contributed by atoms with Crippen LogP contribution in [0.4, 0.5) is 0 Å². The molecule has 134 valence electrons. The smallest absolute Gasteiger partial charge is 0.254 e. The summed E-state index contributed by atoms with van der Waals surface area (Å²) in [5.41, 5.74) is 0.794. The molecule has 24 heavy (non-hydrogen) atoms. The molecule has 0 aliphatic carbocycles. The zero-order chi connectivity index (χ0) is 17.1. The average Bonchev–Trinajstić information content (AvgIpc) is 3.00. The summed E-state index contributed by atoms with van der Waals surface area (Å²) in [5, 5.41) is 12.5. The van der Waals surface area contributed by atoms with Crippen LogP contribution in [0.15, 0.2) is 11.4 Å². The lowest BCUT2D eigenvalue weighted by Gasteiger charge is -2.36. The number of amides is 1. The second-order valence-electron chi connectivity index (χ2n) is 7.05. The van der Waals surface area contributed by atoms with Crippen molar-refractivity contribution < 1.29 is 14.6 Å². The van der Waals surface area contributed by atoms with E-state index in [9.17, 15) is 9.90 Å². The number of carbonyl (C=O) groups is 1. The van der Waals surface area contributed by atoms with E-state index in [2.05, 4.69) is 18.7 Å². The zero-order valence-corrected chi connectivity index (χ0v) is 15.4. The molecule has 0 bridgehead atoms. The molecule has 3 heterocycles. The van der Waals surface area contributed by atoms with Crippen molar-refractivity contribution in [2.75, 3.05) is 39.4 Å². The van der Waals surface area contributed by atoms with Crippen LogP contribution in [0, 0.1) is 0 Å². The first kappa shape index (κ1) is 17.9. The first-order valence-electron chi connectivity index (χ1n) is 8.94. The van der Waals surface area contributed by atoms with Gasteiger partial charge in [-0.2, -0.15) is 0 Å². The molecule has 6 heteroatoms. The number of carbonyl (C=O) groups excluding carboxylic acids is 1. The number of morpholine rings is 1. The van der Waals surface area contributed by atoms with Crippen LogP contribution in [0.25, 0.3) is 0 Å². The maximum Gasteiger partial charge on any atom is 0.254 e. The third kappa shape index (κ3) is 3.99. The van der Waals surface area contributed by atoms with Crippen LogP contribution in [-0.2, 0) is 4.74 Å². The van der Waals surface area contributed by atoms with Crippen LogP contribution in [0.1, 0.15) is 47.8 Å². The summed E-state index contributed by atoms with van der Waals surface area (Å²) >= 11 is 1.66. The number of aliphatic hydroxyl groups excluding tert-OH is 1. The van der Waals surface area contributed by atoms with Crippen LogP contribution in [0.5, 0.6) is 0 Å². The maximum absolute atomic E-state index is 12.8. The number of nitrogens with zero attached hydrogens (tertiary/aromatic N) is 2. The van der Waals surface area contributed by atoms with E-state index < -0.39 is 0 Å². The molecule has 2 atom stereocenters. The van der Waals surface area contributed by atoms with Gasteiger partial charge in [0.15, 0.2) is 0 Å². The second kappa shape index (κ2) is 7.95. The minimum Gasteiger partial charge on any atom is -0.391 e. The number of rotatable bonds is 3. The van der Waals surface area contributed by atoms with Gasteiger partial charge in [-0.15, -0.1) is 11.3 Å². The molecule has 1 aromatic rings. The van der Waals surface area contributed by atoms with Gasteiger partial charge >= 0.3 is 0 Å². The molecule has 0 spiro atoms. The Kier molecular flexibility index (Phi) is 5.92. The summed E-state index contributed by atoms with van der Waals surface area (Å²) in [6.45, 7) is 8.86. The molecule has 0 radical (unpaired) electrons. The number of hydrogen-bond acceptors (Lipinski definition) is 5. The quantitative estimate of drug-likeness (QED) is 0.906. The lowest BCUT2D eigenvalue weighted by atomic mass is 10.0. The predicted octanol–water partition coefficient (Wildman–Crippen LogP) is 2.17. The van der Waals surface area contributed by atoms with E-state index in [1.54, 1.807) is 11.3 Å². The van der Waals surface area contributed by atoms with Crippen LogP contribution in [-0.4, -0.2) is 72.4 Å². The molecule has 0 saturated carbocycles. The van der Waals surface area contributed by atoms with Gasteiger partial charge in [0, 0.05) is 42.5 Å². The molecular formula is C18H28N2O3S. The molecule has 0 unspecified atom stereocenters. The van der Waals surface area contributed by atoms with E-state index in [-0.39, 0.29) is 18.1 Å². The van der Waals surface area contributed by atoms with Gasteiger partial charge in [-0.3, -0.25) is 9.69 Å². The first-order valence-corrected chi connectivity index (χ1v) is 9.82. The van der Waals surface area contributed by atoms with Crippen molar-refractivity contribution in [3.8, 4) is 0 Å². The van der Waals surface area contributed by atoms with E-state index in [4.69, 9.17) is 4.74 Å². The average molecular weight is 353 g/mol. The maximum atomic E-state index is 12.8. The van der Waals surface area contributed by atoms with E-state index >= 15 is 0 Å². The topological polar surface area (TPSA) is 53.0 Å². The molecule has 2 aliphatic heterocycles. The fraction of sp³-hybridized carbons (Fsp3) is 0.722. The van der Waals surface area contributed by atoms with Crippen LogP contribution < -0.4 is 0 Å². The van der Waals surface area contributed by atoms with E-state index in [0.717, 1.165) is 38.3 Å². The molecular weight excluding hydrogens is 324 g/mol. The van der Waals surface area contributed by atoms with Gasteiger partial charge < -0.3 is 14.7 Å². The third-order valence-corrected chi connectivity index (χ3v) is 6.30. The summed E-state index contributed by atoms with van der Waals surface area (Å²) in [7, 11) is 0. The Morgan fingerprint density at radius 2 is 1.96 bits per heavy atom. The van der Waals surface area contributed by atoms with Crippen LogP contribution in [0.2, 0.25) is 0 Å². The highest BCUT2D eigenvalue weighted by molar-refractivity contribution is 7.10. The molecule has 3 rings (SSSR count). The summed E-state index contributed by atoms with van der Waals surface area (Å²) in [5.74, 6) is 0.557. The van der Waals surface area contributed by atoms with E-state index in [1.165, 1.54) is 4.88 Å². The molecule has 5 nitrogen and oxygen atoms in total. The monoisotopic (exact) mass is 352 g/mol. The Balaban J connectivity index is 1.64. The van der Waals surface area contributed by atoms with Gasteiger partial charge in [0.25, 0.3) is 5.91 Å². The molecule has 2 aliphatic rings. The van der Waals surface area contributed by atoms with Crippen LogP contribution in [0.3, 0.4) is 0 Å². The van der Waals surface area contributed by atoms with Crippen molar-refractivity contribution in [3.63, 3.8) is 0 Å². The van der Waals surface area contributed by atoms with Crippen molar-refractivity contribution in [3.05, 3.63) is 21.9 Å². The van der Waals surface area contributed by atoms with Gasteiger partial charge in [-0.1, -0.05) is 13.8 Å². The molecule has 2 saturated heterocycles. The van der Waals surface area contributed by atoms with E-state index in [0.29, 0.717) is 25.4 Å². The first-order chi connectivity index (χ1) is 11.6. The number of ether oxygens (including phenoxy) is 1. The van der Waals surface area contributed by atoms with Gasteiger partial charge in [-0.25, -0.2) is 0 Å². The van der Waals surface area contributed by atoms with Crippen molar-refractivity contribution in [1.29, 1.82) is 0 Å². The Bertz CT molecular complexity index is 554. The predicted molar refractivity (Wildman–Crippen MR) is 95.7 cm³/mol. The van der Waals surface area contributed by atoms with Crippen molar-refractivity contribution in [2.24, 2.45) is 0 Å². The largest absolute Gasteiger partial charge is 0.391 e. The zero-order valence-electron chi connectivity index (χ0n) is 14.6. The van der Waals surface area contributed by atoms with Crippen LogP contribution >= 0.6 is 11.3 Å². The van der Waals surface area contributed by atoms with Gasteiger partial charge in [0.2, 0.25) is 0 Å². The Morgan fingerprint density at radius 1 is 1.25 bits per heavy atom. The van der Waals surface area contributed by atoms with Gasteiger partial charge in [0.1, 0.15) is 0 Å². The summed E-state index contributed by atoms with van der Waals surface area (Å²) in [6, 6.07) is 2.17. The molecule has 2 fully saturated rings. The van der Waals surface area contributed by atoms with Gasteiger partial charge in [0.05, 0.1) is 24.9 Å². The molecule has 1 amide bonds. The fourth-order valence-corrected chi connectivity index (χ4v) is 4.46. The van der Waals surface area contributed by atoms with Crippen molar-refractivity contribution in [1.82, 2.24) is 9.80 Å². The SMILES string of the molecule is CC(C)c1cc(C(=O)N2CC[C@H](O)[C@@H](N3CCOCC3)CC2)cs1. The number of hydrogen-bond donors (Lipinski definition) is 1. The lowest BCUT2D eigenvalue weighted by Crippen LogP contribution is -2.49. The third-order valence-electron chi connectivity index (χ3n) is 5.07. The molecule has 1 N–H and O–H groups in total. The normalized spacial score (nSPS) is 26.6. The lowest BCUT2D eigenvalue weighted by molar-refractivity contribution is -0.0222. The number of likely N-dealkylation sites (tertiary alicyclic amines) is 1. The van der Waals surface area contributed by atoms with Crippen molar-refractivity contribution in [2.45, 2.75) is 44.8 Å².